The molecular formula is C17H13N3O2. The van der Waals surface area contributed by atoms with Crippen LogP contribution >= 0.6 is 0 Å². The average Bonchev–Trinajstić information content (AvgIpc) is 2.62. The first-order chi connectivity index (χ1) is 10.8. The van der Waals surface area contributed by atoms with E-state index in [1.807, 2.05) is 42.5 Å². The van der Waals surface area contributed by atoms with Crippen molar-refractivity contribution in [2.75, 3.05) is 0 Å². The minimum atomic E-state index is -0.602. The molecule has 0 spiro atoms. The number of rotatable bonds is 3. The van der Waals surface area contributed by atoms with Crippen LogP contribution < -0.4 is 5.48 Å². The van der Waals surface area contributed by atoms with Crippen molar-refractivity contribution in [1.82, 2.24) is 15.4 Å². The van der Waals surface area contributed by atoms with Crippen molar-refractivity contribution in [3.63, 3.8) is 0 Å². The van der Waals surface area contributed by atoms with Gasteiger partial charge < -0.3 is 0 Å². The van der Waals surface area contributed by atoms with Gasteiger partial charge in [-0.3, -0.25) is 20.0 Å². The molecule has 0 bridgehead atoms. The number of hydrogen-bond donors (Lipinski definition) is 2. The Labute approximate surface area is 127 Å². The van der Waals surface area contributed by atoms with Crippen molar-refractivity contribution in [2.24, 2.45) is 0 Å². The van der Waals surface area contributed by atoms with E-state index in [1.54, 1.807) is 23.9 Å². The molecule has 3 rings (SSSR count). The molecule has 2 aromatic heterocycles. The van der Waals surface area contributed by atoms with Crippen LogP contribution in [0.4, 0.5) is 0 Å². The highest BCUT2D eigenvalue weighted by Gasteiger charge is 2.08. The summed E-state index contributed by atoms with van der Waals surface area (Å²) >= 11 is 0. The van der Waals surface area contributed by atoms with E-state index in [4.69, 9.17) is 5.21 Å². The van der Waals surface area contributed by atoms with Gasteiger partial charge in [-0.05, 0) is 17.7 Å². The molecule has 108 valence electrons. The van der Waals surface area contributed by atoms with Crippen LogP contribution in [0.15, 0.2) is 67.1 Å². The molecule has 0 aliphatic rings. The van der Waals surface area contributed by atoms with Crippen molar-refractivity contribution >= 4 is 5.91 Å². The quantitative estimate of drug-likeness (QED) is 0.574. The summed E-state index contributed by atoms with van der Waals surface area (Å²) in [6.45, 7) is 0. The van der Waals surface area contributed by atoms with Crippen LogP contribution in [0, 0.1) is 0 Å². The van der Waals surface area contributed by atoms with Gasteiger partial charge in [0.1, 0.15) is 0 Å². The Morgan fingerprint density at radius 2 is 1.73 bits per heavy atom. The third-order valence-electron chi connectivity index (χ3n) is 3.27. The second-order valence-electron chi connectivity index (χ2n) is 4.70. The molecule has 5 nitrogen and oxygen atoms in total. The normalized spacial score (nSPS) is 10.2. The average molecular weight is 291 g/mol. The first-order valence-electron chi connectivity index (χ1n) is 6.69. The minimum absolute atomic E-state index is 0.272. The van der Waals surface area contributed by atoms with E-state index < -0.39 is 5.91 Å². The van der Waals surface area contributed by atoms with E-state index in [2.05, 4.69) is 9.97 Å². The maximum Gasteiger partial charge on any atom is 0.276 e. The Morgan fingerprint density at radius 1 is 0.909 bits per heavy atom. The van der Waals surface area contributed by atoms with Crippen molar-refractivity contribution in [2.45, 2.75) is 0 Å². The fourth-order valence-corrected chi connectivity index (χ4v) is 2.13. The van der Waals surface area contributed by atoms with E-state index in [-0.39, 0.29) is 5.56 Å². The molecule has 0 fully saturated rings. The number of benzene rings is 1. The van der Waals surface area contributed by atoms with Crippen LogP contribution in [-0.2, 0) is 0 Å². The topological polar surface area (TPSA) is 75.1 Å². The predicted molar refractivity (Wildman–Crippen MR) is 82.2 cm³/mol. The molecule has 0 unspecified atom stereocenters. The summed E-state index contributed by atoms with van der Waals surface area (Å²) in [5.41, 5.74) is 5.39. The zero-order valence-electron chi connectivity index (χ0n) is 11.6. The largest absolute Gasteiger partial charge is 0.288 e. The fraction of sp³-hybridized carbons (Fsp3) is 0. The molecule has 0 radical (unpaired) electrons. The van der Waals surface area contributed by atoms with Gasteiger partial charge in [0, 0.05) is 29.7 Å². The lowest BCUT2D eigenvalue weighted by molar-refractivity contribution is 0.0706. The maximum absolute atomic E-state index is 11.4. The Bertz CT molecular complexity index is 787. The lowest BCUT2D eigenvalue weighted by atomic mass is 10.1. The Balaban J connectivity index is 1.92. The second-order valence-corrected chi connectivity index (χ2v) is 4.70. The fourth-order valence-electron chi connectivity index (χ4n) is 2.13. The van der Waals surface area contributed by atoms with E-state index >= 15 is 0 Å². The number of carbonyl (C=O) groups is 1. The smallest absolute Gasteiger partial charge is 0.276 e. The Hall–Kier alpha value is -3.05. The van der Waals surface area contributed by atoms with Crippen LogP contribution in [0.3, 0.4) is 0 Å². The summed E-state index contributed by atoms with van der Waals surface area (Å²) in [5, 5.41) is 8.67. The molecule has 2 N–H and O–H groups in total. The molecule has 0 aliphatic carbocycles. The Morgan fingerprint density at radius 3 is 2.41 bits per heavy atom. The molecule has 5 heteroatoms. The summed E-state index contributed by atoms with van der Waals surface area (Å²) in [5.74, 6) is -0.602. The molecule has 0 saturated heterocycles. The maximum atomic E-state index is 11.4. The summed E-state index contributed by atoms with van der Waals surface area (Å²) < 4.78 is 0. The van der Waals surface area contributed by atoms with Gasteiger partial charge in [-0.1, -0.05) is 36.4 Å². The molecule has 1 aromatic carbocycles. The highest BCUT2D eigenvalue weighted by Crippen LogP contribution is 2.22. The zero-order chi connectivity index (χ0) is 15.4. The molecule has 22 heavy (non-hydrogen) atoms. The van der Waals surface area contributed by atoms with Crippen LogP contribution in [0.5, 0.6) is 0 Å². The highest BCUT2D eigenvalue weighted by atomic mass is 16.5. The third-order valence-corrected chi connectivity index (χ3v) is 3.27. The van der Waals surface area contributed by atoms with E-state index in [0.29, 0.717) is 11.3 Å². The standard InChI is InChI=1S/C17H13N3O2/c21-17(20-22)15-8-14(9-18-10-15)16-7-6-13(11-19-16)12-4-2-1-3-5-12/h1-11,22H,(H,20,21). The van der Waals surface area contributed by atoms with Gasteiger partial charge >= 0.3 is 0 Å². The van der Waals surface area contributed by atoms with Crippen molar-refractivity contribution < 1.29 is 10.0 Å². The first-order valence-corrected chi connectivity index (χ1v) is 6.69. The molecule has 0 aliphatic heterocycles. The van der Waals surface area contributed by atoms with E-state index in [1.165, 1.54) is 6.20 Å². The minimum Gasteiger partial charge on any atom is -0.288 e. The molecule has 0 atom stereocenters. The summed E-state index contributed by atoms with van der Waals surface area (Å²) in [6.07, 6.45) is 4.79. The van der Waals surface area contributed by atoms with Gasteiger partial charge in [-0.25, -0.2) is 5.48 Å². The van der Waals surface area contributed by atoms with Gasteiger partial charge in [-0.15, -0.1) is 0 Å². The van der Waals surface area contributed by atoms with Gasteiger partial charge in [0.2, 0.25) is 0 Å². The SMILES string of the molecule is O=C(NO)c1cncc(-c2ccc(-c3ccccc3)cn2)c1. The first kappa shape index (κ1) is 13.9. The number of nitrogens with zero attached hydrogens (tertiary/aromatic N) is 2. The van der Waals surface area contributed by atoms with Crippen LogP contribution in [0.25, 0.3) is 22.4 Å². The lowest BCUT2D eigenvalue weighted by Crippen LogP contribution is -2.18. The van der Waals surface area contributed by atoms with Gasteiger partial charge in [0.05, 0.1) is 11.3 Å². The van der Waals surface area contributed by atoms with Crippen molar-refractivity contribution in [1.29, 1.82) is 0 Å². The second kappa shape index (κ2) is 6.15. The summed E-state index contributed by atoms with van der Waals surface area (Å²) in [6, 6.07) is 15.4. The number of amides is 1. The number of carbonyl (C=O) groups excluding carboxylic acids is 1. The van der Waals surface area contributed by atoms with Gasteiger partial charge in [0.15, 0.2) is 0 Å². The van der Waals surface area contributed by atoms with Crippen molar-refractivity contribution in [3.8, 4) is 22.4 Å². The highest BCUT2D eigenvalue weighted by molar-refractivity contribution is 5.94. The van der Waals surface area contributed by atoms with Crippen molar-refractivity contribution in [3.05, 3.63) is 72.7 Å². The van der Waals surface area contributed by atoms with E-state index in [9.17, 15) is 4.79 Å². The number of aromatic nitrogens is 2. The predicted octanol–water partition coefficient (Wildman–Crippen LogP) is 2.93. The van der Waals surface area contributed by atoms with Gasteiger partial charge in [-0.2, -0.15) is 0 Å². The third kappa shape index (κ3) is 2.84. The monoisotopic (exact) mass is 291 g/mol. The summed E-state index contributed by atoms with van der Waals surface area (Å²) in [7, 11) is 0. The van der Waals surface area contributed by atoms with Crippen LogP contribution in [0.1, 0.15) is 10.4 Å². The molecule has 2 heterocycles. The number of pyridine rings is 2. The zero-order valence-corrected chi connectivity index (χ0v) is 11.6. The van der Waals surface area contributed by atoms with Crippen LogP contribution in [-0.4, -0.2) is 21.1 Å². The number of hydrogen-bond acceptors (Lipinski definition) is 4. The van der Waals surface area contributed by atoms with Crippen LogP contribution in [0.2, 0.25) is 0 Å². The Kier molecular flexibility index (Phi) is 3.89. The van der Waals surface area contributed by atoms with Gasteiger partial charge in [0.25, 0.3) is 5.91 Å². The molecule has 3 aromatic rings. The lowest BCUT2D eigenvalue weighted by Gasteiger charge is -2.05. The molecule has 0 saturated carbocycles. The summed E-state index contributed by atoms with van der Waals surface area (Å²) in [4.78, 5) is 19.8. The molecular weight excluding hydrogens is 278 g/mol. The van der Waals surface area contributed by atoms with E-state index in [0.717, 1.165) is 11.1 Å². The number of hydroxylamine groups is 1. The number of nitrogens with one attached hydrogen (secondary N) is 1. The molecule has 1 amide bonds.